The molecule has 0 fully saturated rings. The highest BCUT2D eigenvalue weighted by molar-refractivity contribution is 5.34. The molecule has 0 radical (unpaired) electrons. The van der Waals surface area contributed by atoms with E-state index in [0.717, 1.165) is 24.1 Å². The van der Waals surface area contributed by atoms with Crippen molar-refractivity contribution in [3.8, 4) is 11.5 Å². The van der Waals surface area contributed by atoms with Gasteiger partial charge in [0.05, 0.1) is 0 Å². The first kappa shape index (κ1) is 14.5. The summed E-state index contributed by atoms with van der Waals surface area (Å²) in [6.45, 7) is 6.49. The number of hydrogen-bond acceptors (Lipinski definition) is 1. The van der Waals surface area contributed by atoms with Crippen LogP contribution < -0.4 is 4.74 Å². The molecule has 20 heavy (non-hydrogen) atoms. The standard InChI is InChI=1S/C17H18F2O/c1-17(2,3)11-12-5-4-6-13(9-12)20-14-7-8-15(18)16(19)10-14/h4-10H,11H2,1-3H3. The van der Waals surface area contributed by atoms with Gasteiger partial charge in [0, 0.05) is 6.07 Å². The van der Waals surface area contributed by atoms with E-state index in [1.807, 2.05) is 18.2 Å². The lowest BCUT2D eigenvalue weighted by Gasteiger charge is -2.18. The van der Waals surface area contributed by atoms with Gasteiger partial charge in [0.2, 0.25) is 0 Å². The molecule has 2 rings (SSSR count). The summed E-state index contributed by atoms with van der Waals surface area (Å²) in [5.74, 6) is -0.873. The van der Waals surface area contributed by atoms with Crippen LogP contribution in [0.5, 0.6) is 11.5 Å². The van der Waals surface area contributed by atoms with E-state index >= 15 is 0 Å². The van der Waals surface area contributed by atoms with Crippen LogP contribution >= 0.6 is 0 Å². The predicted molar refractivity (Wildman–Crippen MR) is 76.0 cm³/mol. The van der Waals surface area contributed by atoms with Gasteiger partial charge in [-0.3, -0.25) is 0 Å². The molecule has 2 aromatic carbocycles. The van der Waals surface area contributed by atoms with Crippen LogP contribution in [0.1, 0.15) is 26.3 Å². The highest BCUT2D eigenvalue weighted by Crippen LogP contribution is 2.27. The molecule has 0 aliphatic rings. The van der Waals surface area contributed by atoms with Crippen molar-refractivity contribution in [2.24, 2.45) is 5.41 Å². The minimum absolute atomic E-state index is 0.181. The lowest BCUT2D eigenvalue weighted by atomic mass is 9.88. The quantitative estimate of drug-likeness (QED) is 0.734. The van der Waals surface area contributed by atoms with Gasteiger partial charge < -0.3 is 4.74 Å². The average molecular weight is 276 g/mol. The van der Waals surface area contributed by atoms with E-state index in [1.54, 1.807) is 6.07 Å². The first-order chi connectivity index (χ1) is 9.33. The summed E-state index contributed by atoms with van der Waals surface area (Å²) >= 11 is 0. The van der Waals surface area contributed by atoms with Gasteiger partial charge in [0.25, 0.3) is 0 Å². The molecule has 0 amide bonds. The van der Waals surface area contributed by atoms with Crippen molar-refractivity contribution < 1.29 is 13.5 Å². The molecule has 0 saturated carbocycles. The minimum Gasteiger partial charge on any atom is -0.457 e. The number of benzene rings is 2. The molecule has 0 aliphatic carbocycles. The van der Waals surface area contributed by atoms with Crippen LogP contribution in [0, 0.1) is 17.0 Å². The van der Waals surface area contributed by atoms with E-state index in [1.165, 1.54) is 6.07 Å². The Bertz CT molecular complexity index is 600. The summed E-state index contributed by atoms with van der Waals surface area (Å²) in [6, 6.07) is 11.2. The van der Waals surface area contributed by atoms with Gasteiger partial charge in [-0.25, -0.2) is 8.78 Å². The monoisotopic (exact) mass is 276 g/mol. The van der Waals surface area contributed by atoms with Crippen molar-refractivity contribution in [1.82, 2.24) is 0 Å². The van der Waals surface area contributed by atoms with Gasteiger partial charge in [0.1, 0.15) is 11.5 Å². The fourth-order valence-corrected chi connectivity index (χ4v) is 2.01. The Balaban J connectivity index is 2.17. The predicted octanol–water partition coefficient (Wildman–Crippen LogP) is 5.35. The second-order valence-electron chi connectivity index (χ2n) is 6.06. The fraction of sp³-hybridized carbons (Fsp3) is 0.294. The molecule has 0 aliphatic heterocycles. The summed E-state index contributed by atoms with van der Waals surface area (Å²) in [5.41, 5.74) is 1.33. The summed E-state index contributed by atoms with van der Waals surface area (Å²) < 4.78 is 31.5. The maximum absolute atomic E-state index is 13.1. The number of ether oxygens (including phenoxy) is 1. The van der Waals surface area contributed by atoms with Crippen LogP contribution in [0.25, 0.3) is 0 Å². The summed E-state index contributed by atoms with van der Waals surface area (Å²) in [6.07, 6.45) is 0.919. The SMILES string of the molecule is CC(C)(C)Cc1cccc(Oc2ccc(F)c(F)c2)c1. The molecule has 0 saturated heterocycles. The van der Waals surface area contributed by atoms with Crippen molar-refractivity contribution in [3.05, 3.63) is 59.7 Å². The molecule has 0 atom stereocenters. The van der Waals surface area contributed by atoms with E-state index < -0.39 is 11.6 Å². The summed E-state index contributed by atoms with van der Waals surface area (Å²) in [7, 11) is 0. The molecule has 0 heterocycles. The molecule has 0 unspecified atom stereocenters. The second-order valence-corrected chi connectivity index (χ2v) is 6.06. The van der Waals surface area contributed by atoms with Crippen LogP contribution in [0.2, 0.25) is 0 Å². The van der Waals surface area contributed by atoms with Crippen LogP contribution in [-0.4, -0.2) is 0 Å². The maximum atomic E-state index is 13.1. The third kappa shape index (κ3) is 4.05. The van der Waals surface area contributed by atoms with Gasteiger partial charge in [-0.05, 0) is 41.7 Å². The number of rotatable bonds is 3. The first-order valence-electron chi connectivity index (χ1n) is 6.55. The van der Waals surface area contributed by atoms with Crippen molar-refractivity contribution in [3.63, 3.8) is 0 Å². The normalized spacial score (nSPS) is 11.4. The van der Waals surface area contributed by atoms with E-state index in [4.69, 9.17) is 4.74 Å². The zero-order chi connectivity index (χ0) is 14.8. The Morgan fingerprint density at radius 2 is 1.60 bits per heavy atom. The van der Waals surface area contributed by atoms with Crippen LogP contribution in [-0.2, 0) is 6.42 Å². The van der Waals surface area contributed by atoms with Crippen LogP contribution in [0.4, 0.5) is 8.78 Å². The van der Waals surface area contributed by atoms with Crippen molar-refractivity contribution >= 4 is 0 Å². The van der Waals surface area contributed by atoms with Gasteiger partial charge in [-0.1, -0.05) is 32.9 Å². The average Bonchev–Trinajstić information content (AvgIpc) is 2.32. The summed E-state index contributed by atoms with van der Waals surface area (Å²) in [4.78, 5) is 0. The molecule has 2 aromatic rings. The molecule has 0 N–H and O–H groups in total. The van der Waals surface area contributed by atoms with Crippen molar-refractivity contribution in [1.29, 1.82) is 0 Å². The Hall–Kier alpha value is -1.90. The van der Waals surface area contributed by atoms with Crippen molar-refractivity contribution in [2.45, 2.75) is 27.2 Å². The van der Waals surface area contributed by atoms with E-state index in [0.29, 0.717) is 5.75 Å². The third-order valence-electron chi connectivity index (χ3n) is 2.76. The molecule has 0 spiro atoms. The largest absolute Gasteiger partial charge is 0.457 e. The topological polar surface area (TPSA) is 9.23 Å². The molecule has 0 bridgehead atoms. The molecule has 0 aromatic heterocycles. The zero-order valence-corrected chi connectivity index (χ0v) is 11.9. The smallest absolute Gasteiger partial charge is 0.162 e. The van der Waals surface area contributed by atoms with E-state index in [9.17, 15) is 8.78 Å². The van der Waals surface area contributed by atoms with Gasteiger partial charge in [-0.15, -0.1) is 0 Å². The van der Waals surface area contributed by atoms with E-state index in [2.05, 4.69) is 20.8 Å². The Morgan fingerprint density at radius 3 is 2.25 bits per heavy atom. The van der Waals surface area contributed by atoms with Gasteiger partial charge in [-0.2, -0.15) is 0 Å². The lowest BCUT2D eigenvalue weighted by Crippen LogP contribution is -2.08. The summed E-state index contributed by atoms with van der Waals surface area (Å²) in [5, 5.41) is 0. The number of halogens is 2. The Kier molecular flexibility index (Phi) is 4.07. The Labute approximate surface area is 118 Å². The highest BCUT2D eigenvalue weighted by Gasteiger charge is 2.12. The first-order valence-corrected chi connectivity index (χ1v) is 6.55. The molecular formula is C17H18F2O. The molecular weight excluding hydrogens is 258 g/mol. The van der Waals surface area contributed by atoms with Gasteiger partial charge >= 0.3 is 0 Å². The highest BCUT2D eigenvalue weighted by atomic mass is 19.2. The number of hydrogen-bond donors (Lipinski definition) is 0. The van der Waals surface area contributed by atoms with Crippen LogP contribution in [0.3, 0.4) is 0 Å². The maximum Gasteiger partial charge on any atom is 0.162 e. The molecule has 3 heteroatoms. The minimum atomic E-state index is -0.909. The second kappa shape index (κ2) is 5.61. The van der Waals surface area contributed by atoms with Gasteiger partial charge in [0.15, 0.2) is 11.6 Å². The fourth-order valence-electron chi connectivity index (χ4n) is 2.01. The molecule has 106 valence electrons. The Morgan fingerprint density at radius 1 is 0.900 bits per heavy atom. The van der Waals surface area contributed by atoms with E-state index in [-0.39, 0.29) is 11.2 Å². The van der Waals surface area contributed by atoms with Crippen LogP contribution in [0.15, 0.2) is 42.5 Å². The zero-order valence-electron chi connectivity index (χ0n) is 11.9. The third-order valence-corrected chi connectivity index (χ3v) is 2.76. The lowest BCUT2D eigenvalue weighted by molar-refractivity contribution is 0.409. The molecule has 1 nitrogen and oxygen atoms in total. The van der Waals surface area contributed by atoms with Crippen molar-refractivity contribution in [2.75, 3.05) is 0 Å².